The molecule has 0 aliphatic carbocycles. The van der Waals surface area contributed by atoms with Gasteiger partial charge in [0.25, 0.3) is 5.91 Å². The number of aryl methyl sites for hydroxylation is 1. The third-order valence-electron chi connectivity index (χ3n) is 4.06. The standard InChI is InChI=1S/C21H18Br2N2O2/c1-13-9-18(22)11-19(23)21(13)27-12-20(26)25-24-14(2)16-8-7-15-5-3-4-6-17(15)10-16/h3-11H,12H2,1-2H3,(H,25,26). The van der Waals surface area contributed by atoms with Crippen molar-refractivity contribution >= 4 is 54.3 Å². The molecule has 4 nitrogen and oxygen atoms in total. The van der Waals surface area contributed by atoms with E-state index in [4.69, 9.17) is 4.74 Å². The number of hydrogen-bond donors (Lipinski definition) is 1. The summed E-state index contributed by atoms with van der Waals surface area (Å²) in [5.74, 6) is 0.327. The number of hydrazone groups is 1. The molecule has 1 amide bonds. The van der Waals surface area contributed by atoms with Gasteiger partial charge in [-0.3, -0.25) is 4.79 Å². The van der Waals surface area contributed by atoms with Crippen molar-refractivity contribution in [3.63, 3.8) is 0 Å². The zero-order valence-electron chi connectivity index (χ0n) is 14.9. The Kier molecular flexibility index (Phi) is 6.29. The van der Waals surface area contributed by atoms with Crippen LogP contribution in [-0.2, 0) is 4.79 Å². The Bertz CT molecular complexity index is 1010. The van der Waals surface area contributed by atoms with Gasteiger partial charge in [-0.05, 0) is 69.9 Å². The van der Waals surface area contributed by atoms with E-state index in [0.29, 0.717) is 5.75 Å². The monoisotopic (exact) mass is 488 g/mol. The van der Waals surface area contributed by atoms with Crippen LogP contribution in [0.15, 0.2) is 68.6 Å². The first-order valence-corrected chi connectivity index (χ1v) is 9.93. The number of ether oxygens (including phenoxy) is 1. The second-order valence-corrected chi connectivity index (χ2v) is 7.89. The minimum Gasteiger partial charge on any atom is -0.482 e. The van der Waals surface area contributed by atoms with E-state index in [-0.39, 0.29) is 12.5 Å². The smallest absolute Gasteiger partial charge is 0.277 e. The first kappa shape index (κ1) is 19.6. The van der Waals surface area contributed by atoms with E-state index in [1.54, 1.807) is 0 Å². The highest BCUT2D eigenvalue weighted by Gasteiger charge is 2.09. The Morgan fingerprint density at radius 3 is 2.56 bits per heavy atom. The molecule has 3 aromatic rings. The van der Waals surface area contributed by atoms with E-state index in [1.165, 1.54) is 5.39 Å². The van der Waals surface area contributed by atoms with Crippen LogP contribution in [0.25, 0.3) is 10.8 Å². The molecule has 0 saturated heterocycles. The van der Waals surface area contributed by atoms with Crippen LogP contribution in [0.1, 0.15) is 18.1 Å². The maximum atomic E-state index is 12.1. The summed E-state index contributed by atoms with van der Waals surface area (Å²) in [5, 5.41) is 6.49. The van der Waals surface area contributed by atoms with Gasteiger partial charge in [-0.2, -0.15) is 5.10 Å². The number of amides is 1. The summed E-state index contributed by atoms with van der Waals surface area (Å²) in [6.07, 6.45) is 0. The van der Waals surface area contributed by atoms with Gasteiger partial charge in [-0.1, -0.05) is 52.3 Å². The fourth-order valence-corrected chi connectivity index (χ4v) is 4.22. The fourth-order valence-electron chi connectivity index (χ4n) is 2.67. The second-order valence-electron chi connectivity index (χ2n) is 6.12. The SMILES string of the molecule is CC(=NNC(=O)COc1c(C)cc(Br)cc1Br)c1ccc2ccccc2c1. The topological polar surface area (TPSA) is 50.7 Å². The lowest BCUT2D eigenvalue weighted by Crippen LogP contribution is -2.25. The summed E-state index contributed by atoms with van der Waals surface area (Å²) in [7, 11) is 0. The average molecular weight is 490 g/mol. The highest BCUT2D eigenvalue weighted by atomic mass is 79.9. The predicted molar refractivity (Wildman–Crippen MR) is 116 cm³/mol. The molecule has 27 heavy (non-hydrogen) atoms. The molecule has 0 bridgehead atoms. The zero-order chi connectivity index (χ0) is 19.4. The summed E-state index contributed by atoms with van der Waals surface area (Å²) in [6, 6.07) is 18.0. The molecule has 138 valence electrons. The predicted octanol–water partition coefficient (Wildman–Crippen LogP) is 5.59. The van der Waals surface area contributed by atoms with Crippen molar-refractivity contribution in [2.75, 3.05) is 6.61 Å². The van der Waals surface area contributed by atoms with Gasteiger partial charge < -0.3 is 4.74 Å². The summed E-state index contributed by atoms with van der Waals surface area (Å²) < 4.78 is 7.36. The van der Waals surface area contributed by atoms with Crippen molar-refractivity contribution in [1.82, 2.24) is 5.43 Å². The van der Waals surface area contributed by atoms with Gasteiger partial charge in [-0.15, -0.1) is 0 Å². The maximum absolute atomic E-state index is 12.1. The molecule has 0 spiro atoms. The van der Waals surface area contributed by atoms with Crippen LogP contribution in [-0.4, -0.2) is 18.2 Å². The minimum atomic E-state index is -0.315. The molecule has 0 radical (unpaired) electrons. The van der Waals surface area contributed by atoms with Crippen LogP contribution < -0.4 is 10.2 Å². The lowest BCUT2D eigenvalue weighted by Gasteiger charge is -2.11. The maximum Gasteiger partial charge on any atom is 0.277 e. The molecule has 0 unspecified atom stereocenters. The molecule has 0 aliphatic rings. The highest BCUT2D eigenvalue weighted by Crippen LogP contribution is 2.32. The Morgan fingerprint density at radius 1 is 1.07 bits per heavy atom. The molecule has 0 heterocycles. The number of halogens is 2. The largest absolute Gasteiger partial charge is 0.482 e. The molecule has 3 rings (SSSR count). The minimum absolute atomic E-state index is 0.116. The second kappa shape index (κ2) is 8.67. The molecule has 1 N–H and O–H groups in total. The molecule has 0 saturated carbocycles. The van der Waals surface area contributed by atoms with Gasteiger partial charge in [0.15, 0.2) is 6.61 Å². The molecule has 6 heteroatoms. The Labute approximate surface area is 174 Å². The third kappa shape index (κ3) is 4.96. The van der Waals surface area contributed by atoms with Gasteiger partial charge in [0.05, 0.1) is 10.2 Å². The van der Waals surface area contributed by atoms with Crippen LogP contribution in [0.4, 0.5) is 0 Å². The van der Waals surface area contributed by atoms with Crippen LogP contribution in [0.5, 0.6) is 5.75 Å². The molecule has 3 aromatic carbocycles. The van der Waals surface area contributed by atoms with E-state index >= 15 is 0 Å². The lowest BCUT2D eigenvalue weighted by atomic mass is 10.0. The van der Waals surface area contributed by atoms with Crippen LogP contribution >= 0.6 is 31.9 Å². The Balaban J connectivity index is 1.63. The van der Waals surface area contributed by atoms with Crippen molar-refractivity contribution in [3.05, 3.63) is 74.7 Å². The van der Waals surface area contributed by atoms with Crippen molar-refractivity contribution in [2.24, 2.45) is 5.10 Å². The third-order valence-corrected chi connectivity index (χ3v) is 5.10. The van der Waals surface area contributed by atoms with Crippen LogP contribution in [0.3, 0.4) is 0 Å². The number of carbonyl (C=O) groups excluding carboxylic acids is 1. The summed E-state index contributed by atoms with van der Waals surface area (Å²) in [5.41, 5.74) is 5.17. The Morgan fingerprint density at radius 2 is 1.81 bits per heavy atom. The number of rotatable bonds is 5. The van der Waals surface area contributed by atoms with E-state index in [9.17, 15) is 4.79 Å². The van der Waals surface area contributed by atoms with E-state index in [2.05, 4.69) is 60.6 Å². The molecule has 0 atom stereocenters. The number of carbonyl (C=O) groups is 1. The highest BCUT2D eigenvalue weighted by molar-refractivity contribution is 9.11. The van der Waals surface area contributed by atoms with Gasteiger partial charge in [0, 0.05) is 4.47 Å². The van der Waals surface area contributed by atoms with Gasteiger partial charge in [0.1, 0.15) is 5.75 Å². The quantitative estimate of drug-likeness (QED) is 0.375. The van der Waals surface area contributed by atoms with E-state index in [1.807, 2.05) is 50.2 Å². The van der Waals surface area contributed by atoms with Gasteiger partial charge in [0.2, 0.25) is 0 Å². The molecular formula is C21H18Br2N2O2. The lowest BCUT2D eigenvalue weighted by molar-refractivity contribution is -0.123. The van der Waals surface area contributed by atoms with Gasteiger partial charge >= 0.3 is 0 Å². The number of hydrogen-bond acceptors (Lipinski definition) is 3. The summed E-state index contributed by atoms with van der Waals surface area (Å²) in [6.45, 7) is 3.67. The molecule has 0 aliphatic heterocycles. The van der Waals surface area contributed by atoms with E-state index < -0.39 is 0 Å². The molecule has 0 fully saturated rings. The number of nitrogens with zero attached hydrogens (tertiary/aromatic N) is 1. The van der Waals surface area contributed by atoms with Crippen molar-refractivity contribution < 1.29 is 9.53 Å². The first-order chi connectivity index (χ1) is 12.9. The van der Waals surface area contributed by atoms with E-state index in [0.717, 1.165) is 31.2 Å². The Hall–Kier alpha value is -2.18. The summed E-state index contributed by atoms with van der Waals surface area (Å²) in [4.78, 5) is 12.1. The average Bonchev–Trinajstić information content (AvgIpc) is 2.64. The molecular weight excluding hydrogens is 472 g/mol. The number of nitrogens with one attached hydrogen (secondary N) is 1. The van der Waals surface area contributed by atoms with Crippen LogP contribution in [0, 0.1) is 6.92 Å². The fraction of sp³-hybridized carbons (Fsp3) is 0.143. The van der Waals surface area contributed by atoms with Crippen molar-refractivity contribution in [1.29, 1.82) is 0 Å². The van der Waals surface area contributed by atoms with Gasteiger partial charge in [-0.25, -0.2) is 5.43 Å². The number of benzene rings is 3. The summed E-state index contributed by atoms with van der Waals surface area (Å²) >= 11 is 6.87. The number of fused-ring (bicyclic) bond motifs is 1. The van der Waals surface area contributed by atoms with Crippen molar-refractivity contribution in [3.8, 4) is 5.75 Å². The normalized spacial score (nSPS) is 11.5. The zero-order valence-corrected chi connectivity index (χ0v) is 18.1. The molecule has 0 aromatic heterocycles. The van der Waals surface area contributed by atoms with Crippen molar-refractivity contribution in [2.45, 2.75) is 13.8 Å². The van der Waals surface area contributed by atoms with Crippen LogP contribution in [0.2, 0.25) is 0 Å². The first-order valence-electron chi connectivity index (χ1n) is 8.35.